The molecule has 1 aliphatic heterocycles. The summed E-state index contributed by atoms with van der Waals surface area (Å²) in [5.74, 6) is 0. The van der Waals surface area contributed by atoms with Crippen LogP contribution in [0.2, 0.25) is 0 Å². The minimum absolute atomic E-state index is 0.0872. The van der Waals surface area contributed by atoms with Crippen LogP contribution in [0.1, 0.15) is 34.7 Å². The van der Waals surface area contributed by atoms with Crippen LogP contribution in [0.3, 0.4) is 0 Å². The second-order valence-electron chi connectivity index (χ2n) is 5.62. The number of thiocarbonyl (C=S) groups is 1. The monoisotopic (exact) mass is 300 g/mol. The van der Waals surface area contributed by atoms with E-state index in [1.807, 2.05) is 25.4 Å². The summed E-state index contributed by atoms with van der Waals surface area (Å²) in [5, 5.41) is 4.18. The van der Waals surface area contributed by atoms with Crippen LogP contribution in [0, 0.1) is 13.8 Å². The minimum Gasteiger partial charge on any atom is -0.352 e. The Labute approximate surface area is 130 Å². The highest BCUT2D eigenvalue weighted by atomic mass is 32.1. The van der Waals surface area contributed by atoms with E-state index >= 15 is 0 Å². The Hall–Kier alpha value is -1.88. The van der Waals surface area contributed by atoms with Crippen molar-refractivity contribution < 1.29 is 0 Å². The third kappa shape index (κ3) is 2.21. The van der Waals surface area contributed by atoms with Gasteiger partial charge in [0.2, 0.25) is 0 Å². The smallest absolute Gasteiger partial charge is 0.169 e. The lowest BCUT2D eigenvalue weighted by Crippen LogP contribution is -2.25. The number of rotatable bonds is 2. The topological polar surface area (TPSA) is 33.1 Å². The third-order valence-corrected chi connectivity index (χ3v) is 4.88. The molecule has 3 heterocycles. The van der Waals surface area contributed by atoms with Gasteiger partial charge in [0.15, 0.2) is 5.11 Å². The van der Waals surface area contributed by atoms with Gasteiger partial charge in [0.1, 0.15) is 0 Å². The zero-order chi connectivity index (χ0) is 15.1. The molecule has 1 saturated heterocycles. The molecule has 0 radical (unpaired) electrons. The summed E-state index contributed by atoms with van der Waals surface area (Å²) in [7, 11) is 4.15. The van der Waals surface area contributed by atoms with E-state index in [9.17, 15) is 0 Å². The average Bonchev–Trinajstić information content (AvgIpc) is 2.92. The maximum atomic E-state index is 5.46. The number of pyridine rings is 1. The molecule has 0 aliphatic carbocycles. The van der Waals surface area contributed by atoms with Gasteiger partial charge in [-0.3, -0.25) is 4.98 Å². The van der Waals surface area contributed by atoms with Crippen LogP contribution in [0.5, 0.6) is 0 Å². The van der Waals surface area contributed by atoms with E-state index in [-0.39, 0.29) is 12.1 Å². The minimum atomic E-state index is 0.0872. The van der Waals surface area contributed by atoms with Crippen molar-refractivity contribution in [3.8, 4) is 0 Å². The van der Waals surface area contributed by atoms with Crippen molar-refractivity contribution in [2.24, 2.45) is 7.05 Å². The number of aromatic nitrogens is 2. The van der Waals surface area contributed by atoms with E-state index in [1.165, 1.54) is 17.0 Å². The van der Waals surface area contributed by atoms with E-state index in [2.05, 4.69) is 52.8 Å². The maximum absolute atomic E-state index is 5.46. The number of likely N-dealkylation sites (N-methyl/N-ethyl adjacent to an activating group) is 1. The highest BCUT2D eigenvalue weighted by Gasteiger charge is 2.39. The fourth-order valence-corrected chi connectivity index (χ4v) is 3.27. The van der Waals surface area contributed by atoms with Crippen LogP contribution in [0.15, 0.2) is 30.5 Å². The molecule has 0 amide bonds. The van der Waals surface area contributed by atoms with Crippen LogP contribution >= 0.6 is 12.2 Å². The Bertz CT molecular complexity index is 677. The zero-order valence-corrected chi connectivity index (χ0v) is 13.6. The lowest BCUT2D eigenvalue weighted by Gasteiger charge is -2.24. The molecule has 0 spiro atoms. The molecule has 4 nitrogen and oxygen atoms in total. The van der Waals surface area contributed by atoms with Gasteiger partial charge >= 0.3 is 0 Å². The molecule has 0 bridgehead atoms. The van der Waals surface area contributed by atoms with Crippen LogP contribution in [0.4, 0.5) is 0 Å². The van der Waals surface area contributed by atoms with Crippen molar-refractivity contribution in [1.82, 2.24) is 19.8 Å². The summed E-state index contributed by atoms with van der Waals surface area (Å²) in [6, 6.07) is 8.52. The first-order valence-corrected chi connectivity index (χ1v) is 7.48. The molecule has 2 aromatic rings. The van der Waals surface area contributed by atoms with Crippen molar-refractivity contribution >= 4 is 17.3 Å². The van der Waals surface area contributed by atoms with E-state index in [1.54, 1.807) is 0 Å². The second kappa shape index (κ2) is 5.15. The summed E-state index contributed by atoms with van der Waals surface area (Å²) in [4.78, 5) is 6.64. The summed E-state index contributed by atoms with van der Waals surface area (Å²) < 4.78 is 2.22. The van der Waals surface area contributed by atoms with E-state index < -0.39 is 0 Å². The van der Waals surface area contributed by atoms with Crippen LogP contribution in [-0.2, 0) is 7.05 Å². The van der Waals surface area contributed by atoms with E-state index in [0.717, 1.165) is 10.8 Å². The third-order valence-electron chi connectivity index (χ3n) is 4.47. The maximum Gasteiger partial charge on any atom is 0.169 e. The standard InChI is InChI=1S/C16H20N4S/c1-10-9-12(11(2)19(10)3)15-14(18-16(21)20(15)4)13-7-5-6-8-17-13/h5-9,14-15H,1-4H3,(H,18,21)/t14-,15+/m0/s1. The summed E-state index contributed by atoms with van der Waals surface area (Å²) in [6.45, 7) is 4.29. The SMILES string of the molecule is Cc1cc([C@@H]2[C@H](c3ccccn3)NC(=S)N2C)c(C)n1C. The Morgan fingerprint density at radius 3 is 2.57 bits per heavy atom. The fraction of sp³-hybridized carbons (Fsp3) is 0.375. The molecule has 2 atom stereocenters. The van der Waals surface area contributed by atoms with Crippen molar-refractivity contribution in [2.45, 2.75) is 25.9 Å². The molecule has 1 aliphatic rings. The van der Waals surface area contributed by atoms with Crippen molar-refractivity contribution in [2.75, 3.05) is 7.05 Å². The molecule has 21 heavy (non-hydrogen) atoms. The number of hydrogen-bond donors (Lipinski definition) is 1. The average molecular weight is 300 g/mol. The summed E-state index contributed by atoms with van der Waals surface area (Å²) in [5.41, 5.74) is 4.86. The Morgan fingerprint density at radius 2 is 2.00 bits per heavy atom. The Kier molecular flexibility index (Phi) is 3.45. The number of aryl methyl sites for hydroxylation is 1. The van der Waals surface area contributed by atoms with Gasteiger partial charge in [-0.1, -0.05) is 6.07 Å². The molecule has 3 rings (SSSR count). The van der Waals surface area contributed by atoms with Crippen LogP contribution in [-0.4, -0.2) is 26.6 Å². The van der Waals surface area contributed by atoms with Crippen molar-refractivity contribution in [3.63, 3.8) is 0 Å². The fourth-order valence-electron chi connectivity index (χ4n) is 3.03. The van der Waals surface area contributed by atoms with E-state index in [4.69, 9.17) is 12.2 Å². The van der Waals surface area contributed by atoms with Gasteiger partial charge < -0.3 is 14.8 Å². The van der Waals surface area contributed by atoms with Crippen molar-refractivity contribution in [1.29, 1.82) is 0 Å². The molecule has 0 unspecified atom stereocenters. The zero-order valence-electron chi connectivity index (χ0n) is 12.8. The van der Waals surface area contributed by atoms with Gasteiger partial charge in [0.25, 0.3) is 0 Å². The van der Waals surface area contributed by atoms with Gasteiger partial charge in [0, 0.05) is 31.7 Å². The molecular weight excluding hydrogens is 280 g/mol. The highest BCUT2D eigenvalue weighted by Crippen LogP contribution is 2.39. The van der Waals surface area contributed by atoms with Crippen LogP contribution < -0.4 is 5.32 Å². The number of nitrogens with one attached hydrogen (secondary N) is 1. The Morgan fingerprint density at radius 1 is 1.24 bits per heavy atom. The number of nitrogens with zero attached hydrogens (tertiary/aromatic N) is 3. The molecule has 1 N–H and O–H groups in total. The quantitative estimate of drug-likeness (QED) is 0.864. The van der Waals surface area contributed by atoms with Crippen molar-refractivity contribution in [3.05, 3.63) is 53.1 Å². The normalized spacial score (nSPS) is 21.7. The van der Waals surface area contributed by atoms with E-state index in [0.29, 0.717) is 0 Å². The lowest BCUT2D eigenvalue weighted by atomic mass is 9.97. The lowest BCUT2D eigenvalue weighted by molar-refractivity contribution is 0.367. The molecule has 0 aromatic carbocycles. The molecular formula is C16H20N4S. The number of hydrogen-bond acceptors (Lipinski definition) is 2. The van der Waals surface area contributed by atoms with Gasteiger partial charge in [-0.2, -0.15) is 0 Å². The first-order valence-electron chi connectivity index (χ1n) is 7.07. The predicted molar refractivity (Wildman–Crippen MR) is 88.1 cm³/mol. The summed E-state index contributed by atoms with van der Waals surface area (Å²) >= 11 is 5.46. The van der Waals surface area contributed by atoms with Gasteiger partial charge in [-0.05, 0) is 49.8 Å². The predicted octanol–water partition coefficient (Wildman–Crippen LogP) is 2.64. The molecule has 5 heteroatoms. The first kappa shape index (κ1) is 14.1. The van der Waals surface area contributed by atoms with Gasteiger partial charge in [0.05, 0.1) is 17.8 Å². The molecule has 0 saturated carbocycles. The molecule has 1 fully saturated rings. The molecule has 2 aromatic heterocycles. The Balaban J connectivity index is 2.08. The first-order chi connectivity index (χ1) is 10.0. The largest absolute Gasteiger partial charge is 0.352 e. The highest BCUT2D eigenvalue weighted by molar-refractivity contribution is 7.80. The molecule has 110 valence electrons. The van der Waals surface area contributed by atoms with Gasteiger partial charge in [-0.15, -0.1) is 0 Å². The van der Waals surface area contributed by atoms with Crippen LogP contribution in [0.25, 0.3) is 0 Å². The van der Waals surface area contributed by atoms with Gasteiger partial charge in [-0.25, -0.2) is 0 Å². The second-order valence-corrected chi connectivity index (χ2v) is 6.01. The summed E-state index contributed by atoms with van der Waals surface area (Å²) in [6.07, 6.45) is 1.83.